The summed E-state index contributed by atoms with van der Waals surface area (Å²) in [6, 6.07) is 5.32. The van der Waals surface area contributed by atoms with Crippen molar-refractivity contribution in [2.45, 2.75) is 45.7 Å². The first-order chi connectivity index (χ1) is 22.2. The lowest BCUT2D eigenvalue weighted by molar-refractivity contribution is -0.145. The Labute approximate surface area is 280 Å². The number of esters is 1. The first-order valence-electron chi connectivity index (χ1n) is 14.4. The second kappa shape index (κ2) is 16.6. The van der Waals surface area contributed by atoms with E-state index in [-0.39, 0.29) is 59.1 Å². The summed E-state index contributed by atoms with van der Waals surface area (Å²) in [4.78, 5) is 79.8. The lowest BCUT2D eigenvalue weighted by Gasteiger charge is -2.26. The van der Waals surface area contributed by atoms with Crippen molar-refractivity contribution in [1.82, 2.24) is 16.1 Å². The van der Waals surface area contributed by atoms with E-state index in [1.165, 1.54) is 4.90 Å². The number of phenols is 1. The van der Waals surface area contributed by atoms with Crippen molar-refractivity contribution in [1.29, 1.82) is 0 Å². The molecule has 0 saturated heterocycles. The molecule has 2 aromatic carbocycles. The SMILES string of the molecule is CCC(=O)N1C[C@H](NC(=O)c2cc(Cl)c(O)c(Cl)c2)C(=O)N(CC(=O)N[C@H](/C=N/NC(N)=O)CC(=O)OCC(C)C)c2ccccc21. The van der Waals surface area contributed by atoms with E-state index in [0.717, 1.165) is 23.2 Å². The molecule has 3 rings (SSSR count). The molecule has 0 aliphatic carbocycles. The molecule has 1 aliphatic heterocycles. The molecule has 47 heavy (non-hydrogen) atoms. The van der Waals surface area contributed by atoms with Crippen molar-refractivity contribution < 1.29 is 38.6 Å². The Balaban J connectivity index is 1.94. The molecule has 2 atom stereocenters. The van der Waals surface area contributed by atoms with Crippen LogP contribution in [0, 0.1) is 5.92 Å². The highest BCUT2D eigenvalue weighted by Gasteiger charge is 2.37. The van der Waals surface area contributed by atoms with E-state index in [0.29, 0.717) is 5.69 Å². The second-order valence-corrected chi connectivity index (χ2v) is 11.6. The standard InChI is InChI=1S/C30H35Cl2N7O8/c1-4-25(41)38-13-21(36-28(44)17-9-19(31)27(43)20(32)10-17)29(45)39(23-8-6-5-7-22(23)38)14-24(40)35-18(12-34-37-30(33)46)11-26(42)47-15-16(2)3/h5-10,12,16,18,21,43H,4,11,13-15H2,1-3H3,(H,35,40)(H,36,44)(H3,33,37,46)/b34-12+/t18-,21-/m0/s1. The number of nitrogens with two attached hydrogens (primary N) is 1. The smallest absolute Gasteiger partial charge is 0.332 e. The summed E-state index contributed by atoms with van der Waals surface area (Å²) in [5.74, 6) is -3.66. The van der Waals surface area contributed by atoms with Gasteiger partial charge in [-0.25, -0.2) is 10.2 Å². The fourth-order valence-electron chi connectivity index (χ4n) is 4.45. The first kappa shape index (κ1) is 36.6. The monoisotopic (exact) mass is 691 g/mol. The van der Waals surface area contributed by atoms with Crippen molar-refractivity contribution in [3.05, 3.63) is 52.0 Å². The number of hydrogen-bond acceptors (Lipinski definition) is 9. The number of urea groups is 1. The quantitative estimate of drug-likeness (QED) is 0.126. The number of hydrazone groups is 1. The van der Waals surface area contributed by atoms with Crippen LogP contribution >= 0.6 is 23.2 Å². The Kier molecular flexibility index (Phi) is 12.9. The molecular formula is C30H35Cl2N7O8. The molecule has 17 heteroatoms. The second-order valence-electron chi connectivity index (χ2n) is 10.8. The van der Waals surface area contributed by atoms with Crippen LogP contribution in [-0.4, -0.2) is 78.7 Å². The van der Waals surface area contributed by atoms with E-state index in [4.69, 9.17) is 33.7 Å². The van der Waals surface area contributed by atoms with Crippen LogP contribution in [0.5, 0.6) is 5.75 Å². The maximum Gasteiger partial charge on any atom is 0.332 e. The summed E-state index contributed by atoms with van der Waals surface area (Å²) in [5, 5.41) is 18.3. The molecule has 0 unspecified atom stereocenters. The van der Waals surface area contributed by atoms with Crippen LogP contribution in [0.3, 0.4) is 0 Å². The average Bonchev–Trinajstić information content (AvgIpc) is 3.12. The predicted octanol–water partition coefficient (Wildman–Crippen LogP) is 2.32. The number of nitrogens with zero attached hydrogens (tertiary/aromatic N) is 3. The molecule has 252 valence electrons. The zero-order valence-electron chi connectivity index (χ0n) is 25.8. The van der Waals surface area contributed by atoms with Gasteiger partial charge in [0.15, 0.2) is 5.75 Å². The summed E-state index contributed by atoms with van der Waals surface area (Å²) in [6.07, 6.45) is 0.790. The number of fused-ring (bicyclic) bond motifs is 1. The fourth-order valence-corrected chi connectivity index (χ4v) is 4.94. The summed E-state index contributed by atoms with van der Waals surface area (Å²) in [5.41, 5.74) is 7.48. The van der Waals surface area contributed by atoms with Gasteiger partial charge in [0.1, 0.15) is 12.6 Å². The van der Waals surface area contributed by atoms with Crippen molar-refractivity contribution in [2.75, 3.05) is 29.5 Å². The molecule has 1 heterocycles. The molecule has 0 bridgehead atoms. The maximum atomic E-state index is 14.1. The minimum absolute atomic E-state index is 0.0573. The molecule has 0 saturated carbocycles. The van der Waals surface area contributed by atoms with E-state index in [1.807, 2.05) is 19.3 Å². The lowest BCUT2D eigenvalue weighted by Crippen LogP contribution is -2.54. The number of primary amides is 1. The number of carbonyl (C=O) groups excluding carboxylic acids is 6. The fraction of sp³-hybridized carbons (Fsp3) is 0.367. The van der Waals surface area contributed by atoms with E-state index in [2.05, 4.69) is 15.7 Å². The number of phenolic OH excluding ortho intramolecular Hbond substituents is 1. The first-order valence-corrected chi connectivity index (χ1v) is 15.2. The topological polar surface area (TPSA) is 213 Å². The van der Waals surface area contributed by atoms with E-state index in [1.54, 1.807) is 31.2 Å². The van der Waals surface area contributed by atoms with Crippen LogP contribution in [0.1, 0.15) is 44.0 Å². The number of aromatic hydroxyl groups is 1. The van der Waals surface area contributed by atoms with Crippen LogP contribution in [-0.2, 0) is 23.9 Å². The number of hydrogen-bond donors (Lipinski definition) is 5. The predicted molar refractivity (Wildman–Crippen MR) is 174 cm³/mol. The Bertz CT molecular complexity index is 1550. The van der Waals surface area contributed by atoms with Gasteiger partial charge in [-0.05, 0) is 30.2 Å². The molecule has 0 fully saturated rings. The van der Waals surface area contributed by atoms with Crippen molar-refractivity contribution in [2.24, 2.45) is 16.8 Å². The van der Waals surface area contributed by atoms with Gasteiger partial charge in [0.05, 0.1) is 47.0 Å². The van der Waals surface area contributed by atoms with Crippen LogP contribution in [0.25, 0.3) is 0 Å². The van der Waals surface area contributed by atoms with E-state index < -0.39 is 54.1 Å². The van der Waals surface area contributed by atoms with Crippen LogP contribution in [0.4, 0.5) is 16.2 Å². The molecule has 1 aliphatic rings. The van der Waals surface area contributed by atoms with Gasteiger partial charge >= 0.3 is 12.0 Å². The average molecular weight is 693 g/mol. The number of nitrogens with one attached hydrogen (secondary N) is 3. The number of rotatable bonds is 12. The molecule has 6 N–H and O–H groups in total. The van der Waals surface area contributed by atoms with Gasteiger partial charge in [-0.1, -0.05) is 56.1 Å². The normalized spacial score (nSPS) is 15.1. The third-order valence-electron chi connectivity index (χ3n) is 6.62. The Morgan fingerprint density at radius 1 is 1.13 bits per heavy atom. The minimum Gasteiger partial charge on any atom is -0.505 e. The minimum atomic E-state index is -1.35. The third-order valence-corrected chi connectivity index (χ3v) is 7.20. The number of para-hydroxylation sites is 2. The third kappa shape index (κ3) is 10.0. The van der Waals surface area contributed by atoms with E-state index in [9.17, 15) is 33.9 Å². The summed E-state index contributed by atoms with van der Waals surface area (Å²) >= 11 is 12.0. The van der Waals surface area contributed by atoms with Crippen molar-refractivity contribution in [3.63, 3.8) is 0 Å². The van der Waals surface area contributed by atoms with E-state index >= 15 is 0 Å². The summed E-state index contributed by atoms with van der Waals surface area (Å²) < 4.78 is 5.19. The van der Waals surface area contributed by atoms with Gasteiger partial charge in [-0.3, -0.25) is 28.9 Å². The van der Waals surface area contributed by atoms with Gasteiger partial charge in [0, 0.05) is 18.2 Å². The molecule has 2 aromatic rings. The van der Waals surface area contributed by atoms with Crippen LogP contribution in [0.15, 0.2) is 41.5 Å². The highest BCUT2D eigenvalue weighted by atomic mass is 35.5. The van der Waals surface area contributed by atoms with Gasteiger partial charge in [0.2, 0.25) is 11.8 Å². The molecule has 0 spiro atoms. The summed E-state index contributed by atoms with van der Waals surface area (Å²) in [7, 11) is 0. The highest BCUT2D eigenvalue weighted by molar-refractivity contribution is 6.37. The molecular weight excluding hydrogens is 657 g/mol. The van der Waals surface area contributed by atoms with Gasteiger partial charge in [-0.15, -0.1) is 0 Å². The van der Waals surface area contributed by atoms with Gasteiger partial charge < -0.3 is 31.1 Å². The molecule has 0 aromatic heterocycles. The lowest BCUT2D eigenvalue weighted by atomic mass is 10.1. The zero-order valence-corrected chi connectivity index (χ0v) is 27.3. The Morgan fingerprint density at radius 2 is 1.77 bits per heavy atom. The van der Waals surface area contributed by atoms with Gasteiger partial charge in [0.25, 0.3) is 11.8 Å². The van der Waals surface area contributed by atoms with Gasteiger partial charge in [-0.2, -0.15) is 5.10 Å². The molecule has 15 nitrogen and oxygen atoms in total. The number of amides is 6. The Hall–Kier alpha value is -4.89. The number of ether oxygens (including phenoxy) is 1. The highest BCUT2D eigenvalue weighted by Crippen LogP contribution is 2.34. The Morgan fingerprint density at radius 3 is 2.36 bits per heavy atom. The maximum absolute atomic E-state index is 14.1. The zero-order chi connectivity index (χ0) is 34.8. The molecule has 6 amide bonds. The number of benzene rings is 2. The van der Waals surface area contributed by atoms with Crippen molar-refractivity contribution >= 4 is 76.4 Å². The van der Waals surface area contributed by atoms with Crippen molar-refractivity contribution in [3.8, 4) is 5.75 Å². The number of halogens is 2. The molecule has 0 radical (unpaired) electrons. The largest absolute Gasteiger partial charge is 0.505 e. The number of anilines is 2. The van der Waals surface area contributed by atoms with Crippen LogP contribution in [0.2, 0.25) is 10.0 Å². The number of carbonyl (C=O) groups is 6. The summed E-state index contributed by atoms with van der Waals surface area (Å²) in [6.45, 7) is 4.58. The van der Waals surface area contributed by atoms with Crippen LogP contribution < -0.4 is 31.6 Å².